The normalized spacial score (nSPS) is 32.8. The van der Waals surface area contributed by atoms with Crippen LogP contribution in [0.4, 0.5) is 4.39 Å². The lowest BCUT2D eigenvalue weighted by Gasteiger charge is -2.21. The van der Waals surface area contributed by atoms with Gasteiger partial charge in [-0.15, -0.1) is 0 Å². The molecule has 0 aromatic rings. The molecule has 1 aliphatic carbocycles. The van der Waals surface area contributed by atoms with E-state index >= 15 is 0 Å². The quantitative estimate of drug-likeness (QED) is 0.619. The maximum absolute atomic E-state index is 13.8. The van der Waals surface area contributed by atoms with Gasteiger partial charge in [-0.25, -0.2) is 4.39 Å². The summed E-state index contributed by atoms with van der Waals surface area (Å²) in [7, 11) is 0. The summed E-state index contributed by atoms with van der Waals surface area (Å²) in [5.41, 5.74) is -0.543. The number of halogens is 1. The second kappa shape index (κ2) is 3.25. The van der Waals surface area contributed by atoms with Crippen molar-refractivity contribution in [3.05, 3.63) is 0 Å². The first-order chi connectivity index (χ1) is 5.76. The van der Waals surface area contributed by atoms with E-state index in [9.17, 15) is 4.39 Å². The Morgan fingerprint density at radius 1 is 1.23 bits per heavy atom. The van der Waals surface area contributed by atoms with E-state index in [2.05, 4.69) is 20.8 Å². The Morgan fingerprint density at radius 3 is 2.15 bits per heavy atom. The maximum atomic E-state index is 13.8. The molecule has 0 aromatic carbocycles. The van der Waals surface area contributed by atoms with E-state index < -0.39 is 5.67 Å². The number of hydrogen-bond acceptors (Lipinski definition) is 0. The molecule has 3 unspecified atom stereocenters. The van der Waals surface area contributed by atoms with E-state index in [0.29, 0.717) is 23.7 Å². The molecule has 1 aliphatic rings. The van der Waals surface area contributed by atoms with Gasteiger partial charge in [0.1, 0.15) is 5.67 Å². The van der Waals surface area contributed by atoms with Gasteiger partial charge < -0.3 is 0 Å². The van der Waals surface area contributed by atoms with Crippen LogP contribution in [0.15, 0.2) is 0 Å². The van der Waals surface area contributed by atoms with Crippen molar-refractivity contribution in [2.24, 2.45) is 17.3 Å². The summed E-state index contributed by atoms with van der Waals surface area (Å²) in [5, 5.41) is 0. The molecule has 0 nitrogen and oxygen atoms in total. The molecule has 0 bridgehead atoms. The highest BCUT2D eigenvalue weighted by atomic mass is 19.1. The van der Waals surface area contributed by atoms with E-state index in [1.807, 2.05) is 6.92 Å². The molecule has 3 atom stereocenters. The molecule has 1 heteroatoms. The molecule has 0 spiro atoms. The summed E-state index contributed by atoms with van der Waals surface area (Å²) in [4.78, 5) is 0. The Morgan fingerprint density at radius 2 is 1.77 bits per heavy atom. The van der Waals surface area contributed by atoms with Gasteiger partial charge in [-0.3, -0.25) is 0 Å². The zero-order valence-electron chi connectivity index (χ0n) is 9.65. The molecular weight excluding hydrogens is 163 g/mol. The van der Waals surface area contributed by atoms with Crippen LogP contribution in [0.2, 0.25) is 0 Å². The largest absolute Gasteiger partial charge is 0.244 e. The molecule has 0 aromatic heterocycles. The molecule has 1 saturated carbocycles. The van der Waals surface area contributed by atoms with Gasteiger partial charge in [-0.1, -0.05) is 27.7 Å². The predicted octanol–water partition coefficient (Wildman–Crippen LogP) is 4.20. The van der Waals surface area contributed by atoms with Gasteiger partial charge >= 0.3 is 0 Å². The lowest BCUT2D eigenvalue weighted by Crippen LogP contribution is -2.21. The van der Waals surface area contributed by atoms with Gasteiger partial charge in [0.05, 0.1) is 0 Å². The van der Waals surface area contributed by atoms with Crippen molar-refractivity contribution in [1.82, 2.24) is 0 Å². The van der Waals surface area contributed by atoms with Crippen LogP contribution in [-0.2, 0) is 0 Å². The van der Waals surface area contributed by atoms with Crippen molar-refractivity contribution in [2.45, 2.75) is 59.5 Å². The van der Waals surface area contributed by atoms with Crippen molar-refractivity contribution in [2.75, 3.05) is 0 Å². The third-order valence-corrected chi connectivity index (χ3v) is 3.26. The van der Waals surface area contributed by atoms with Crippen LogP contribution in [0.25, 0.3) is 0 Å². The minimum absolute atomic E-state index is 0.344. The second-order valence-electron chi connectivity index (χ2n) is 6.00. The molecule has 13 heavy (non-hydrogen) atoms. The minimum atomic E-state index is -0.907. The monoisotopic (exact) mass is 186 g/mol. The van der Waals surface area contributed by atoms with Gasteiger partial charge in [0.15, 0.2) is 0 Å². The molecule has 78 valence electrons. The first-order valence-electron chi connectivity index (χ1n) is 5.45. The Labute approximate surface area is 81.9 Å². The van der Waals surface area contributed by atoms with Gasteiger partial charge in [0.25, 0.3) is 0 Å². The summed E-state index contributed by atoms with van der Waals surface area (Å²) < 4.78 is 13.8. The van der Waals surface area contributed by atoms with Crippen LogP contribution in [0.5, 0.6) is 0 Å². The fourth-order valence-electron chi connectivity index (χ4n) is 2.26. The summed E-state index contributed by atoms with van der Waals surface area (Å²) in [6.45, 7) is 10.4. The Hall–Kier alpha value is -0.0700. The van der Waals surface area contributed by atoms with Crippen molar-refractivity contribution >= 4 is 0 Å². The van der Waals surface area contributed by atoms with Crippen LogP contribution in [0.1, 0.15) is 53.9 Å². The highest BCUT2D eigenvalue weighted by Gasteiger charge is 2.50. The van der Waals surface area contributed by atoms with Crippen LogP contribution in [-0.4, -0.2) is 5.67 Å². The van der Waals surface area contributed by atoms with Gasteiger partial charge in [0.2, 0.25) is 0 Å². The molecule has 0 N–H and O–H groups in total. The topological polar surface area (TPSA) is 0 Å². The fourth-order valence-corrected chi connectivity index (χ4v) is 2.26. The first kappa shape index (κ1) is 11.0. The average molecular weight is 186 g/mol. The van der Waals surface area contributed by atoms with Crippen LogP contribution < -0.4 is 0 Å². The molecular formula is C12H23F. The van der Waals surface area contributed by atoms with E-state index in [1.165, 1.54) is 6.42 Å². The Balaban J connectivity index is 2.39. The Kier molecular flexibility index (Phi) is 2.75. The zero-order chi connectivity index (χ0) is 10.3. The van der Waals surface area contributed by atoms with Crippen molar-refractivity contribution in [3.8, 4) is 0 Å². The summed E-state index contributed by atoms with van der Waals surface area (Å²) in [6.07, 6.45) is 2.95. The van der Waals surface area contributed by atoms with Gasteiger partial charge in [0, 0.05) is 0 Å². The van der Waals surface area contributed by atoms with E-state index in [-0.39, 0.29) is 0 Å². The highest BCUT2D eigenvalue weighted by molar-refractivity contribution is 4.99. The summed E-state index contributed by atoms with van der Waals surface area (Å²) in [6, 6.07) is 0. The zero-order valence-corrected chi connectivity index (χ0v) is 9.65. The molecule has 0 amide bonds. The highest BCUT2D eigenvalue weighted by Crippen LogP contribution is 2.53. The predicted molar refractivity (Wildman–Crippen MR) is 55.5 cm³/mol. The van der Waals surface area contributed by atoms with Crippen molar-refractivity contribution in [3.63, 3.8) is 0 Å². The molecule has 1 rings (SSSR count). The van der Waals surface area contributed by atoms with Gasteiger partial charge in [-0.05, 0) is 43.4 Å². The number of rotatable bonds is 3. The standard InChI is InChI=1S/C12H23F/c1-6-12(5,13)10-7-9(10)8-11(2,3)4/h9-10H,6-8H2,1-5H3. The van der Waals surface area contributed by atoms with E-state index in [4.69, 9.17) is 0 Å². The maximum Gasteiger partial charge on any atom is 0.111 e. The van der Waals surface area contributed by atoms with Crippen LogP contribution >= 0.6 is 0 Å². The van der Waals surface area contributed by atoms with Crippen molar-refractivity contribution in [1.29, 1.82) is 0 Å². The van der Waals surface area contributed by atoms with Crippen LogP contribution in [0, 0.1) is 17.3 Å². The van der Waals surface area contributed by atoms with Gasteiger partial charge in [-0.2, -0.15) is 0 Å². The average Bonchev–Trinajstić information content (AvgIpc) is 2.64. The SMILES string of the molecule is CCC(C)(F)C1CC1CC(C)(C)C. The third-order valence-electron chi connectivity index (χ3n) is 3.26. The second-order valence-corrected chi connectivity index (χ2v) is 6.00. The molecule has 0 radical (unpaired) electrons. The number of hydrogen-bond donors (Lipinski definition) is 0. The summed E-state index contributed by atoms with van der Waals surface area (Å²) in [5.74, 6) is 0.992. The Bertz CT molecular complexity index is 176. The minimum Gasteiger partial charge on any atom is -0.244 e. The van der Waals surface area contributed by atoms with E-state index in [0.717, 1.165) is 6.42 Å². The molecule has 0 aliphatic heterocycles. The third kappa shape index (κ3) is 2.96. The lowest BCUT2D eigenvalue weighted by atomic mass is 9.87. The van der Waals surface area contributed by atoms with Crippen LogP contribution in [0.3, 0.4) is 0 Å². The first-order valence-corrected chi connectivity index (χ1v) is 5.45. The number of alkyl halides is 1. The fraction of sp³-hybridized carbons (Fsp3) is 1.00. The molecule has 1 fully saturated rings. The molecule has 0 saturated heterocycles. The molecule has 0 heterocycles. The smallest absolute Gasteiger partial charge is 0.111 e. The summed E-state index contributed by atoms with van der Waals surface area (Å²) >= 11 is 0. The lowest BCUT2D eigenvalue weighted by molar-refractivity contribution is 0.137. The van der Waals surface area contributed by atoms with Crippen molar-refractivity contribution < 1.29 is 4.39 Å². The van der Waals surface area contributed by atoms with E-state index in [1.54, 1.807) is 6.92 Å².